The van der Waals surface area contributed by atoms with E-state index in [1.165, 1.54) is 11.0 Å². The Hall–Kier alpha value is -1.91. The van der Waals surface area contributed by atoms with Crippen LogP contribution in [0.4, 0.5) is 8.78 Å². The van der Waals surface area contributed by atoms with E-state index < -0.39 is 11.6 Å². The molecule has 1 aromatic rings. The lowest BCUT2D eigenvalue weighted by Crippen LogP contribution is -2.40. The highest BCUT2D eigenvalue weighted by Crippen LogP contribution is 2.17. The molecular weight excluding hydrogens is 445 g/mol. The van der Waals surface area contributed by atoms with Gasteiger partial charge in [0.25, 0.3) is 0 Å². The Balaban J connectivity index is 0.00000576. The zero-order valence-electron chi connectivity index (χ0n) is 14.2. The van der Waals surface area contributed by atoms with E-state index in [9.17, 15) is 13.6 Å². The minimum atomic E-state index is -0.759. The molecule has 0 spiro atoms. The van der Waals surface area contributed by atoms with Gasteiger partial charge in [-0.2, -0.15) is 0 Å². The Labute approximate surface area is 163 Å². The zero-order valence-corrected chi connectivity index (χ0v) is 16.6. The summed E-state index contributed by atoms with van der Waals surface area (Å²) in [6.45, 7) is 4.51. The second-order valence-corrected chi connectivity index (χ2v) is 4.97. The van der Waals surface area contributed by atoms with Crippen LogP contribution in [0.25, 0.3) is 0 Å². The van der Waals surface area contributed by atoms with Gasteiger partial charge in [-0.15, -0.1) is 30.6 Å². The first kappa shape index (κ1) is 23.1. The SMILES string of the molecule is C=CCNC(=NCC(=O)N(C)C)NCCOc1ccc(F)cc1F.I. The van der Waals surface area contributed by atoms with Crippen LogP contribution < -0.4 is 15.4 Å². The molecule has 0 unspecified atom stereocenters. The number of nitrogens with zero attached hydrogens (tertiary/aromatic N) is 2. The molecule has 0 aliphatic rings. The van der Waals surface area contributed by atoms with E-state index >= 15 is 0 Å². The maximum absolute atomic E-state index is 13.4. The van der Waals surface area contributed by atoms with Crippen molar-refractivity contribution >= 4 is 35.8 Å². The Morgan fingerprint density at radius 3 is 2.68 bits per heavy atom. The van der Waals surface area contributed by atoms with Crippen molar-refractivity contribution in [2.45, 2.75) is 0 Å². The molecule has 1 rings (SSSR count). The number of hydrogen-bond donors (Lipinski definition) is 2. The van der Waals surface area contributed by atoms with E-state index in [0.717, 1.165) is 12.1 Å². The van der Waals surface area contributed by atoms with Gasteiger partial charge in [-0.3, -0.25) is 4.79 Å². The first-order valence-corrected chi connectivity index (χ1v) is 7.35. The molecule has 9 heteroatoms. The number of halogens is 3. The first-order valence-electron chi connectivity index (χ1n) is 7.35. The van der Waals surface area contributed by atoms with Gasteiger partial charge in [-0.05, 0) is 12.1 Å². The summed E-state index contributed by atoms with van der Waals surface area (Å²) in [5, 5.41) is 5.90. The molecule has 25 heavy (non-hydrogen) atoms. The van der Waals surface area contributed by atoms with Gasteiger partial charge in [0.2, 0.25) is 5.91 Å². The standard InChI is InChI=1S/C16H22F2N4O2.HI/c1-4-7-19-16(21-11-15(23)22(2)3)20-8-9-24-14-6-5-12(17)10-13(14)18;/h4-6,10H,1,7-9,11H2,2-3H3,(H2,19,20,21);1H. The number of nitrogens with one attached hydrogen (secondary N) is 2. The predicted octanol–water partition coefficient (Wildman–Crippen LogP) is 1.77. The fourth-order valence-electron chi connectivity index (χ4n) is 1.55. The van der Waals surface area contributed by atoms with Crippen LogP contribution in [0.5, 0.6) is 5.75 Å². The molecule has 1 amide bonds. The van der Waals surface area contributed by atoms with E-state index in [-0.39, 0.29) is 48.8 Å². The molecule has 6 nitrogen and oxygen atoms in total. The highest BCUT2D eigenvalue weighted by atomic mass is 127. The number of likely N-dealkylation sites (N-methyl/N-ethyl adjacent to an activating group) is 1. The van der Waals surface area contributed by atoms with Crippen molar-refractivity contribution in [3.05, 3.63) is 42.5 Å². The summed E-state index contributed by atoms with van der Waals surface area (Å²) in [4.78, 5) is 17.1. The van der Waals surface area contributed by atoms with Gasteiger partial charge < -0.3 is 20.3 Å². The molecule has 140 valence electrons. The summed E-state index contributed by atoms with van der Waals surface area (Å²) in [5.41, 5.74) is 0. The number of carbonyl (C=O) groups excluding carboxylic acids is 1. The lowest BCUT2D eigenvalue weighted by atomic mass is 10.3. The monoisotopic (exact) mass is 468 g/mol. The Morgan fingerprint density at radius 2 is 2.08 bits per heavy atom. The number of rotatable bonds is 8. The smallest absolute Gasteiger partial charge is 0.243 e. The van der Waals surface area contributed by atoms with Crippen molar-refractivity contribution in [2.75, 3.05) is 40.3 Å². The number of guanidine groups is 1. The van der Waals surface area contributed by atoms with E-state index in [1.54, 1.807) is 20.2 Å². The second-order valence-electron chi connectivity index (χ2n) is 4.97. The van der Waals surface area contributed by atoms with Crippen LogP contribution >= 0.6 is 24.0 Å². The summed E-state index contributed by atoms with van der Waals surface area (Å²) >= 11 is 0. The van der Waals surface area contributed by atoms with Crippen molar-refractivity contribution in [1.29, 1.82) is 0 Å². The van der Waals surface area contributed by atoms with Crippen LogP contribution in [0.1, 0.15) is 0 Å². The predicted molar refractivity (Wildman–Crippen MR) is 104 cm³/mol. The molecule has 0 saturated carbocycles. The quantitative estimate of drug-likeness (QED) is 0.201. The third kappa shape index (κ3) is 9.22. The molecule has 0 heterocycles. The highest BCUT2D eigenvalue weighted by molar-refractivity contribution is 14.0. The summed E-state index contributed by atoms with van der Waals surface area (Å²) in [6.07, 6.45) is 1.65. The van der Waals surface area contributed by atoms with Crippen molar-refractivity contribution in [1.82, 2.24) is 15.5 Å². The number of amides is 1. The summed E-state index contributed by atoms with van der Waals surface area (Å²) in [6, 6.07) is 3.11. The van der Waals surface area contributed by atoms with E-state index in [2.05, 4.69) is 22.2 Å². The zero-order chi connectivity index (χ0) is 17.9. The molecule has 0 aliphatic heterocycles. The van der Waals surface area contributed by atoms with Gasteiger partial charge in [0.05, 0.1) is 6.54 Å². The van der Waals surface area contributed by atoms with Crippen LogP contribution in [0.15, 0.2) is 35.8 Å². The normalized spacial score (nSPS) is 10.5. The summed E-state index contributed by atoms with van der Waals surface area (Å²) in [7, 11) is 3.29. The number of hydrogen-bond acceptors (Lipinski definition) is 3. The first-order chi connectivity index (χ1) is 11.4. The molecular formula is C16H23F2IN4O2. The number of benzene rings is 1. The molecule has 0 aromatic heterocycles. The molecule has 0 aliphatic carbocycles. The minimum absolute atomic E-state index is 0. The lowest BCUT2D eigenvalue weighted by molar-refractivity contribution is -0.127. The highest BCUT2D eigenvalue weighted by Gasteiger charge is 2.06. The lowest BCUT2D eigenvalue weighted by Gasteiger charge is -2.13. The maximum atomic E-state index is 13.4. The van der Waals surface area contributed by atoms with Crippen molar-refractivity contribution in [3.8, 4) is 5.75 Å². The van der Waals surface area contributed by atoms with E-state index in [4.69, 9.17) is 4.74 Å². The van der Waals surface area contributed by atoms with Crippen LogP contribution in [-0.2, 0) is 4.79 Å². The van der Waals surface area contributed by atoms with Gasteiger partial charge in [-0.25, -0.2) is 13.8 Å². The Kier molecular flexibility index (Phi) is 11.5. The largest absolute Gasteiger partial charge is 0.489 e. The molecule has 0 saturated heterocycles. The van der Waals surface area contributed by atoms with Gasteiger partial charge in [-0.1, -0.05) is 6.08 Å². The maximum Gasteiger partial charge on any atom is 0.243 e. The molecule has 0 fully saturated rings. The van der Waals surface area contributed by atoms with Gasteiger partial charge in [0.1, 0.15) is 19.0 Å². The third-order valence-electron chi connectivity index (χ3n) is 2.83. The summed E-state index contributed by atoms with van der Waals surface area (Å²) < 4.78 is 31.4. The van der Waals surface area contributed by atoms with Crippen LogP contribution in [0.2, 0.25) is 0 Å². The number of ether oxygens (including phenoxy) is 1. The minimum Gasteiger partial charge on any atom is -0.489 e. The van der Waals surface area contributed by atoms with Crippen molar-refractivity contribution in [3.63, 3.8) is 0 Å². The Morgan fingerprint density at radius 1 is 1.36 bits per heavy atom. The number of carbonyl (C=O) groups is 1. The molecule has 0 atom stereocenters. The second kappa shape index (κ2) is 12.5. The van der Waals surface area contributed by atoms with Crippen LogP contribution in [-0.4, -0.2) is 57.1 Å². The molecule has 0 radical (unpaired) electrons. The average Bonchev–Trinajstić information content (AvgIpc) is 2.54. The topological polar surface area (TPSA) is 66.0 Å². The molecule has 0 bridgehead atoms. The van der Waals surface area contributed by atoms with Crippen molar-refractivity contribution in [2.24, 2.45) is 4.99 Å². The van der Waals surface area contributed by atoms with E-state index in [1.807, 2.05) is 0 Å². The van der Waals surface area contributed by atoms with Crippen LogP contribution in [0.3, 0.4) is 0 Å². The Bertz CT molecular complexity index is 597. The van der Waals surface area contributed by atoms with Gasteiger partial charge in [0.15, 0.2) is 17.5 Å². The number of aliphatic imine (C=N–C) groups is 1. The summed E-state index contributed by atoms with van der Waals surface area (Å²) in [5.74, 6) is -1.18. The fourth-order valence-corrected chi connectivity index (χ4v) is 1.55. The fraction of sp³-hybridized carbons (Fsp3) is 0.375. The van der Waals surface area contributed by atoms with Gasteiger partial charge in [0, 0.05) is 26.7 Å². The molecule has 1 aromatic carbocycles. The average molecular weight is 468 g/mol. The van der Waals surface area contributed by atoms with Crippen LogP contribution in [0, 0.1) is 11.6 Å². The van der Waals surface area contributed by atoms with Gasteiger partial charge >= 0.3 is 0 Å². The molecule has 2 N–H and O–H groups in total. The van der Waals surface area contributed by atoms with E-state index in [0.29, 0.717) is 19.0 Å². The third-order valence-corrected chi connectivity index (χ3v) is 2.83. The van der Waals surface area contributed by atoms with Crippen molar-refractivity contribution < 1.29 is 18.3 Å².